The van der Waals surface area contributed by atoms with Crippen LogP contribution in [-0.4, -0.2) is 51.1 Å². The van der Waals surface area contributed by atoms with E-state index in [1.54, 1.807) is 0 Å². The molecule has 1 aliphatic heterocycles. The smallest absolute Gasteiger partial charge is 0.233 e. The number of ether oxygens (including phenoxy) is 1. The van der Waals surface area contributed by atoms with E-state index in [1.165, 1.54) is 64.6 Å². The van der Waals surface area contributed by atoms with Crippen LogP contribution >= 0.6 is 0 Å². The standard InChI is InChI=1S/C24H35N5O/c1-17-12-25-28(2)24(17)22-8-9-23(27-26-22)30-16-19-10-20-14-29(15-21(20)11-19)13-18-6-4-3-5-7-18/h8-9,12,18-21H,3-7,10-11,13-16H2,1-2H3. The first-order valence-corrected chi connectivity index (χ1v) is 11.8. The number of fused-ring (bicyclic) bond motifs is 1. The van der Waals surface area contributed by atoms with Gasteiger partial charge < -0.3 is 9.64 Å². The van der Waals surface area contributed by atoms with E-state index in [1.807, 2.05) is 37.0 Å². The highest BCUT2D eigenvalue weighted by Crippen LogP contribution is 2.42. The van der Waals surface area contributed by atoms with Gasteiger partial charge in [-0.3, -0.25) is 4.68 Å². The van der Waals surface area contributed by atoms with Crippen LogP contribution in [0.2, 0.25) is 0 Å². The summed E-state index contributed by atoms with van der Waals surface area (Å²) in [6.45, 7) is 6.80. The number of hydrogen-bond donors (Lipinski definition) is 0. The van der Waals surface area contributed by atoms with E-state index in [4.69, 9.17) is 4.74 Å². The van der Waals surface area contributed by atoms with E-state index in [-0.39, 0.29) is 0 Å². The highest BCUT2D eigenvalue weighted by atomic mass is 16.5. The van der Waals surface area contributed by atoms with Crippen LogP contribution in [0.3, 0.4) is 0 Å². The molecular weight excluding hydrogens is 374 g/mol. The van der Waals surface area contributed by atoms with Crippen molar-refractivity contribution in [3.63, 3.8) is 0 Å². The van der Waals surface area contributed by atoms with E-state index >= 15 is 0 Å². The molecule has 3 heterocycles. The molecule has 2 aliphatic carbocycles. The van der Waals surface area contributed by atoms with Gasteiger partial charge in [0.25, 0.3) is 0 Å². The summed E-state index contributed by atoms with van der Waals surface area (Å²) in [6.07, 6.45) is 11.8. The van der Waals surface area contributed by atoms with Crippen LogP contribution in [0.5, 0.6) is 5.88 Å². The molecule has 6 nitrogen and oxygen atoms in total. The van der Waals surface area contributed by atoms with Gasteiger partial charge in [0.05, 0.1) is 18.5 Å². The molecule has 30 heavy (non-hydrogen) atoms. The number of likely N-dealkylation sites (tertiary alicyclic amines) is 1. The zero-order chi connectivity index (χ0) is 20.5. The van der Waals surface area contributed by atoms with E-state index in [2.05, 4.69) is 20.2 Å². The quantitative estimate of drug-likeness (QED) is 0.719. The van der Waals surface area contributed by atoms with Crippen molar-refractivity contribution in [3.8, 4) is 17.3 Å². The van der Waals surface area contributed by atoms with Crippen LogP contribution in [0.1, 0.15) is 50.5 Å². The number of hydrogen-bond acceptors (Lipinski definition) is 5. The van der Waals surface area contributed by atoms with Crippen LogP contribution in [0.15, 0.2) is 18.3 Å². The minimum Gasteiger partial charge on any atom is -0.476 e. The van der Waals surface area contributed by atoms with Crippen LogP contribution in [0, 0.1) is 30.6 Å². The maximum atomic E-state index is 6.03. The molecular formula is C24H35N5O. The van der Waals surface area contributed by atoms with Crippen molar-refractivity contribution in [1.29, 1.82) is 0 Å². The Balaban J connectivity index is 1.09. The maximum absolute atomic E-state index is 6.03. The Hall–Kier alpha value is -1.95. The molecule has 3 fully saturated rings. The van der Waals surface area contributed by atoms with Crippen molar-refractivity contribution in [2.24, 2.45) is 30.7 Å². The normalized spacial score (nSPS) is 27.5. The van der Waals surface area contributed by atoms with Crippen LogP contribution in [0.4, 0.5) is 0 Å². The lowest BCUT2D eigenvalue weighted by molar-refractivity contribution is 0.199. The Morgan fingerprint density at radius 1 is 1.00 bits per heavy atom. The first kappa shape index (κ1) is 20.0. The molecule has 2 saturated carbocycles. The number of aromatic nitrogens is 4. The largest absolute Gasteiger partial charge is 0.476 e. The number of aryl methyl sites for hydroxylation is 2. The fraction of sp³-hybridized carbons (Fsp3) is 0.708. The summed E-state index contributed by atoms with van der Waals surface area (Å²) in [5.74, 6) is 4.02. The molecule has 2 atom stereocenters. The summed E-state index contributed by atoms with van der Waals surface area (Å²) in [4.78, 5) is 2.77. The first-order chi connectivity index (χ1) is 14.7. The Kier molecular flexibility index (Phi) is 5.77. The molecule has 0 radical (unpaired) electrons. The summed E-state index contributed by atoms with van der Waals surface area (Å²) >= 11 is 0. The van der Waals surface area contributed by atoms with Gasteiger partial charge in [-0.25, -0.2) is 0 Å². The third-order valence-electron chi connectivity index (χ3n) is 7.64. The zero-order valence-corrected chi connectivity index (χ0v) is 18.5. The van der Waals surface area contributed by atoms with E-state index < -0.39 is 0 Å². The van der Waals surface area contributed by atoms with E-state index in [9.17, 15) is 0 Å². The van der Waals surface area contributed by atoms with Crippen molar-refractivity contribution >= 4 is 0 Å². The second kappa shape index (κ2) is 8.66. The Morgan fingerprint density at radius 3 is 2.40 bits per heavy atom. The van der Waals surface area contributed by atoms with Gasteiger partial charge in [0.2, 0.25) is 5.88 Å². The molecule has 6 heteroatoms. The monoisotopic (exact) mass is 409 g/mol. The fourth-order valence-electron chi connectivity index (χ4n) is 6.18. The summed E-state index contributed by atoms with van der Waals surface area (Å²) in [5.41, 5.74) is 2.96. The third kappa shape index (κ3) is 4.25. The molecule has 0 bridgehead atoms. The second-order valence-electron chi connectivity index (χ2n) is 9.95. The third-order valence-corrected chi connectivity index (χ3v) is 7.64. The SMILES string of the molecule is Cc1cnn(C)c1-c1ccc(OCC2CC3CN(CC4CCCCC4)CC3C2)nn1. The lowest BCUT2D eigenvalue weighted by Gasteiger charge is -2.27. The van der Waals surface area contributed by atoms with Crippen molar-refractivity contribution in [2.45, 2.75) is 51.9 Å². The molecule has 0 amide bonds. The van der Waals surface area contributed by atoms with Crippen LogP contribution in [-0.2, 0) is 7.05 Å². The number of rotatable bonds is 6. The minimum atomic E-state index is 0.634. The van der Waals surface area contributed by atoms with E-state index in [0.717, 1.165) is 41.3 Å². The van der Waals surface area contributed by atoms with Gasteiger partial charge in [0.15, 0.2) is 0 Å². The van der Waals surface area contributed by atoms with Crippen LogP contribution < -0.4 is 4.74 Å². The van der Waals surface area contributed by atoms with E-state index in [0.29, 0.717) is 11.8 Å². The van der Waals surface area contributed by atoms with Crippen molar-refractivity contribution in [1.82, 2.24) is 24.9 Å². The Labute approximate surface area is 180 Å². The summed E-state index contributed by atoms with van der Waals surface area (Å²) in [6, 6.07) is 3.93. The predicted octanol–water partition coefficient (Wildman–Crippen LogP) is 4.10. The maximum Gasteiger partial charge on any atom is 0.233 e. The molecule has 5 rings (SSSR count). The average molecular weight is 410 g/mol. The molecule has 2 aromatic heterocycles. The second-order valence-corrected chi connectivity index (χ2v) is 9.95. The Bertz CT molecular complexity index is 808. The highest BCUT2D eigenvalue weighted by molar-refractivity contribution is 5.58. The average Bonchev–Trinajstić information content (AvgIpc) is 3.41. The van der Waals surface area contributed by atoms with Crippen molar-refractivity contribution < 1.29 is 4.74 Å². The molecule has 0 spiro atoms. The molecule has 2 unspecified atom stereocenters. The molecule has 0 aromatic carbocycles. The van der Waals surface area contributed by atoms with Crippen molar-refractivity contribution in [3.05, 3.63) is 23.9 Å². The van der Waals surface area contributed by atoms with Gasteiger partial charge in [-0.1, -0.05) is 19.3 Å². The molecule has 2 aromatic rings. The first-order valence-electron chi connectivity index (χ1n) is 11.8. The molecule has 3 aliphatic rings. The molecule has 1 saturated heterocycles. The van der Waals surface area contributed by atoms with Gasteiger partial charge in [0.1, 0.15) is 5.69 Å². The lowest BCUT2D eigenvalue weighted by Crippen LogP contribution is -2.30. The van der Waals surface area contributed by atoms with Gasteiger partial charge >= 0.3 is 0 Å². The van der Waals surface area contributed by atoms with Gasteiger partial charge in [0, 0.05) is 32.7 Å². The van der Waals surface area contributed by atoms with Crippen molar-refractivity contribution in [2.75, 3.05) is 26.2 Å². The number of nitrogens with zero attached hydrogens (tertiary/aromatic N) is 5. The highest BCUT2D eigenvalue weighted by Gasteiger charge is 2.41. The van der Waals surface area contributed by atoms with Gasteiger partial charge in [-0.15, -0.1) is 10.2 Å². The molecule has 0 N–H and O–H groups in total. The summed E-state index contributed by atoms with van der Waals surface area (Å²) in [7, 11) is 1.93. The summed E-state index contributed by atoms with van der Waals surface area (Å²) in [5, 5.41) is 13.0. The lowest BCUT2D eigenvalue weighted by atomic mass is 9.89. The Morgan fingerprint density at radius 2 is 1.77 bits per heavy atom. The fourth-order valence-corrected chi connectivity index (χ4v) is 6.18. The predicted molar refractivity (Wildman–Crippen MR) is 117 cm³/mol. The topological polar surface area (TPSA) is 56.1 Å². The van der Waals surface area contributed by atoms with Gasteiger partial charge in [-0.2, -0.15) is 5.10 Å². The minimum absolute atomic E-state index is 0.634. The van der Waals surface area contributed by atoms with Gasteiger partial charge in [-0.05, 0) is 67.9 Å². The molecule has 162 valence electrons. The van der Waals surface area contributed by atoms with Crippen LogP contribution in [0.25, 0.3) is 11.4 Å². The zero-order valence-electron chi connectivity index (χ0n) is 18.5. The summed E-state index contributed by atoms with van der Waals surface area (Å²) < 4.78 is 7.87.